The van der Waals surface area contributed by atoms with Gasteiger partial charge in [-0.25, -0.2) is 0 Å². The van der Waals surface area contributed by atoms with E-state index < -0.39 is 0 Å². The molecule has 132 valence electrons. The van der Waals surface area contributed by atoms with E-state index in [1.807, 2.05) is 0 Å². The van der Waals surface area contributed by atoms with Gasteiger partial charge < -0.3 is 19.5 Å². The van der Waals surface area contributed by atoms with Gasteiger partial charge in [0.15, 0.2) is 5.82 Å². The Kier molecular flexibility index (Phi) is 6.41. The SMILES string of the molecule is C=CC(=O)N(C)c1ccc(C(=O)NCCc2nc(COC)no2)cc1. The van der Waals surface area contributed by atoms with Gasteiger partial charge in [0.1, 0.15) is 6.61 Å². The van der Waals surface area contributed by atoms with Crippen LogP contribution in [-0.4, -0.2) is 42.7 Å². The summed E-state index contributed by atoms with van der Waals surface area (Å²) >= 11 is 0. The first kappa shape index (κ1) is 18.3. The van der Waals surface area contributed by atoms with Crippen molar-refractivity contribution in [3.05, 3.63) is 54.2 Å². The van der Waals surface area contributed by atoms with Gasteiger partial charge in [-0.1, -0.05) is 11.7 Å². The largest absolute Gasteiger partial charge is 0.377 e. The Morgan fingerprint density at radius 3 is 2.72 bits per heavy atom. The fourth-order valence-electron chi connectivity index (χ4n) is 2.07. The molecule has 0 aliphatic rings. The molecule has 0 spiro atoms. The lowest BCUT2D eigenvalue weighted by Gasteiger charge is -2.15. The van der Waals surface area contributed by atoms with Gasteiger partial charge in [-0.15, -0.1) is 0 Å². The second kappa shape index (κ2) is 8.74. The summed E-state index contributed by atoms with van der Waals surface area (Å²) in [4.78, 5) is 29.2. The molecule has 1 aromatic heterocycles. The summed E-state index contributed by atoms with van der Waals surface area (Å²) < 4.78 is 9.95. The third kappa shape index (κ3) is 4.98. The molecule has 2 amide bonds. The molecule has 2 rings (SSSR count). The number of nitrogens with zero attached hydrogens (tertiary/aromatic N) is 3. The number of nitrogens with one attached hydrogen (secondary N) is 1. The average Bonchev–Trinajstić information content (AvgIpc) is 3.08. The monoisotopic (exact) mass is 344 g/mol. The van der Waals surface area contributed by atoms with Gasteiger partial charge in [0.2, 0.25) is 11.8 Å². The molecule has 1 aromatic carbocycles. The zero-order valence-electron chi connectivity index (χ0n) is 14.2. The highest BCUT2D eigenvalue weighted by Gasteiger charge is 2.10. The summed E-state index contributed by atoms with van der Waals surface area (Å²) in [5, 5.41) is 6.52. The molecular formula is C17H20N4O4. The molecule has 0 aliphatic carbocycles. The zero-order valence-corrected chi connectivity index (χ0v) is 14.2. The van der Waals surface area contributed by atoms with Crippen molar-refractivity contribution in [1.29, 1.82) is 0 Å². The van der Waals surface area contributed by atoms with Crippen molar-refractivity contribution in [2.45, 2.75) is 13.0 Å². The maximum atomic E-state index is 12.1. The maximum absolute atomic E-state index is 12.1. The molecule has 0 atom stereocenters. The zero-order chi connectivity index (χ0) is 18.2. The summed E-state index contributed by atoms with van der Waals surface area (Å²) in [6.45, 7) is 4.09. The van der Waals surface area contributed by atoms with E-state index in [0.717, 1.165) is 0 Å². The number of amides is 2. The van der Waals surface area contributed by atoms with E-state index in [-0.39, 0.29) is 18.4 Å². The van der Waals surface area contributed by atoms with Crippen LogP contribution in [0.1, 0.15) is 22.1 Å². The third-order valence-corrected chi connectivity index (χ3v) is 3.43. The normalized spacial score (nSPS) is 10.3. The van der Waals surface area contributed by atoms with Crippen molar-refractivity contribution in [3.8, 4) is 0 Å². The van der Waals surface area contributed by atoms with Crippen LogP contribution in [0.2, 0.25) is 0 Å². The Morgan fingerprint density at radius 1 is 1.36 bits per heavy atom. The van der Waals surface area contributed by atoms with Crippen molar-refractivity contribution < 1.29 is 18.8 Å². The van der Waals surface area contributed by atoms with Gasteiger partial charge in [0.05, 0.1) is 0 Å². The number of benzene rings is 1. The number of hydrogen-bond acceptors (Lipinski definition) is 6. The number of carbonyl (C=O) groups is 2. The summed E-state index contributed by atoms with van der Waals surface area (Å²) in [7, 11) is 3.19. The first-order valence-corrected chi connectivity index (χ1v) is 7.64. The number of aromatic nitrogens is 2. The average molecular weight is 344 g/mol. The molecule has 0 saturated carbocycles. The molecule has 2 aromatic rings. The first-order valence-electron chi connectivity index (χ1n) is 7.64. The molecule has 25 heavy (non-hydrogen) atoms. The van der Waals surface area contributed by atoms with Gasteiger partial charge in [-0.2, -0.15) is 4.98 Å². The van der Waals surface area contributed by atoms with Crippen LogP contribution in [0.4, 0.5) is 5.69 Å². The molecular weight excluding hydrogens is 324 g/mol. The number of likely N-dealkylation sites (N-methyl/N-ethyl adjacent to an activating group) is 1. The maximum Gasteiger partial charge on any atom is 0.251 e. The van der Waals surface area contributed by atoms with Gasteiger partial charge in [0, 0.05) is 38.4 Å². The summed E-state index contributed by atoms with van der Waals surface area (Å²) in [6.07, 6.45) is 1.66. The van der Waals surface area contributed by atoms with Crippen LogP contribution in [0, 0.1) is 0 Å². The molecule has 0 radical (unpaired) electrons. The highest BCUT2D eigenvalue weighted by molar-refractivity contribution is 6.01. The Labute approximate surface area is 145 Å². The van der Waals surface area contributed by atoms with E-state index >= 15 is 0 Å². The summed E-state index contributed by atoms with van der Waals surface area (Å²) in [5.74, 6) is 0.468. The van der Waals surface area contributed by atoms with Crippen LogP contribution in [0.25, 0.3) is 0 Å². The Bertz CT molecular complexity index is 739. The molecule has 0 fully saturated rings. The number of rotatable bonds is 8. The molecule has 0 aliphatic heterocycles. The van der Waals surface area contributed by atoms with Crippen LogP contribution in [0.3, 0.4) is 0 Å². The van der Waals surface area contributed by atoms with Gasteiger partial charge >= 0.3 is 0 Å². The lowest BCUT2D eigenvalue weighted by Crippen LogP contribution is -2.26. The Balaban J connectivity index is 1.85. The minimum Gasteiger partial charge on any atom is -0.377 e. The fraction of sp³-hybridized carbons (Fsp3) is 0.294. The molecule has 8 nitrogen and oxygen atoms in total. The van der Waals surface area contributed by atoms with Crippen LogP contribution >= 0.6 is 0 Å². The minimum absolute atomic E-state index is 0.218. The van der Waals surface area contributed by atoms with Crippen molar-refractivity contribution in [1.82, 2.24) is 15.5 Å². The second-order valence-electron chi connectivity index (χ2n) is 5.19. The van der Waals surface area contributed by atoms with Crippen LogP contribution in [0.15, 0.2) is 41.4 Å². The summed E-state index contributed by atoms with van der Waals surface area (Å²) in [5.41, 5.74) is 1.17. The Hall–Kier alpha value is -3.00. The third-order valence-electron chi connectivity index (χ3n) is 3.43. The predicted octanol–water partition coefficient (Wildman–Crippen LogP) is 1.34. The van der Waals surface area contributed by atoms with E-state index in [9.17, 15) is 9.59 Å². The molecule has 1 heterocycles. The molecule has 0 saturated heterocycles. The standard InChI is InChI=1S/C17H20N4O4/c1-4-16(22)21(2)13-7-5-12(6-8-13)17(23)18-10-9-15-19-14(11-24-3)20-25-15/h4-8H,1,9-11H2,2-3H3,(H,18,23). The van der Waals surface area contributed by atoms with Crippen molar-refractivity contribution >= 4 is 17.5 Å². The fourth-order valence-corrected chi connectivity index (χ4v) is 2.07. The molecule has 0 unspecified atom stereocenters. The molecule has 0 bridgehead atoms. The van der Waals surface area contributed by atoms with Gasteiger partial charge in [0.25, 0.3) is 5.91 Å². The highest BCUT2D eigenvalue weighted by atomic mass is 16.5. The number of carbonyl (C=O) groups excluding carboxylic acids is 2. The minimum atomic E-state index is -0.221. The lowest BCUT2D eigenvalue weighted by molar-refractivity contribution is -0.113. The number of ether oxygens (including phenoxy) is 1. The smallest absolute Gasteiger partial charge is 0.251 e. The van der Waals surface area contributed by atoms with Crippen LogP contribution < -0.4 is 10.2 Å². The van der Waals surface area contributed by atoms with Crippen LogP contribution in [-0.2, 0) is 22.6 Å². The van der Waals surface area contributed by atoms with E-state index in [1.165, 1.54) is 11.0 Å². The number of hydrogen-bond donors (Lipinski definition) is 1. The first-order chi connectivity index (χ1) is 12.0. The summed E-state index contributed by atoms with van der Waals surface area (Å²) in [6, 6.07) is 6.71. The molecule has 8 heteroatoms. The van der Waals surface area contributed by atoms with Gasteiger partial charge in [-0.05, 0) is 30.3 Å². The number of anilines is 1. The highest BCUT2D eigenvalue weighted by Crippen LogP contribution is 2.14. The van der Waals surface area contributed by atoms with E-state index in [2.05, 4.69) is 22.0 Å². The van der Waals surface area contributed by atoms with E-state index in [0.29, 0.717) is 35.9 Å². The van der Waals surface area contributed by atoms with E-state index in [4.69, 9.17) is 9.26 Å². The number of methoxy groups -OCH3 is 1. The quantitative estimate of drug-likeness (QED) is 0.726. The second-order valence-corrected chi connectivity index (χ2v) is 5.19. The Morgan fingerprint density at radius 2 is 2.08 bits per heavy atom. The predicted molar refractivity (Wildman–Crippen MR) is 91.1 cm³/mol. The molecule has 1 N–H and O–H groups in total. The van der Waals surface area contributed by atoms with Gasteiger partial charge in [-0.3, -0.25) is 9.59 Å². The van der Waals surface area contributed by atoms with Crippen molar-refractivity contribution in [3.63, 3.8) is 0 Å². The van der Waals surface area contributed by atoms with Crippen molar-refractivity contribution in [2.24, 2.45) is 0 Å². The topological polar surface area (TPSA) is 97.6 Å². The van der Waals surface area contributed by atoms with Crippen molar-refractivity contribution in [2.75, 3.05) is 25.6 Å². The van der Waals surface area contributed by atoms with E-state index in [1.54, 1.807) is 38.4 Å². The van der Waals surface area contributed by atoms with Crippen LogP contribution in [0.5, 0.6) is 0 Å². The lowest BCUT2D eigenvalue weighted by atomic mass is 10.2.